The molecule has 0 aliphatic heterocycles. The number of para-hydroxylation sites is 3. The molecular formula is C127H79NO3. The first-order chi connectivity index (χ1) is 65.1. The largest absolute Gasteiger partial charge is 0.456 e. The number of fused-ring (bicyclic) bond motifs is 18. The number of aromatic nitrogens is 1. The fourth-order valence-electron chi connectivity index (χ4n) is 21.2. The molecule has 0 spiro atoms. The van der Waals surface area contributed by atoms with Crippen molar-refractivity contribution in [1.29, 1.82) is 0 Å². The third kappa shape index (κ3) is 12.7. The Balaban J connectivity index is 0.000000106. The summed E-state index contributed by atoms with van der Waals surface area (Å²) < 4.78 is 19.4. The summed E-state index contributed by atoms with van der Waals surface area (Å²) >= 11 is 0. The normalized spacial score (nSPS) is 11.7. The summed E-state index contributed by atoms with van der Waals surface area (Å²) in [5.41, 5.74) is 29.3. The lowest BCUT2D eigenvalue weighted by atomic mass is 9.81. The average molecular weight is 1670 g/mol. The van der Waals surface area contributed by atoms with Crippen LogP contribution in [0.4, 0.5) is 0 Å². The van der Waals surface area contributed by atoms with Crippen molar-refractivity contribution in [3.05, 3.63) is 479 Å². The first kappa shape index (κ1) is 76.2. The monoisotopic (exact) mass is 1670 g/mol. The highest BCUT2D eigenvalue weighted by Crippen LogP contribution is 2.56. The van der Waals surface area contributed by atoms with Gasteiger partial charge in [-0.15, -0.1) is 0 Å². The predicted molar refractivity (Wildman–Crippen MR) is 553 cm³/mol. The molecule has 0 N–H and O–H groups in total. The zero-order valence-corrected chi connectivity index (χ0v) is 71.3. The van der Waals surface area contributed by atoms with Gasteiger partial charge in [-0.1, -0.05) is 400 Å². The number of nitrogens with zero attached hydrogens (tertiary/aromatic N) is 1. The van der Waals surface area contributed by atoms with Gasteiger partial charge in [0.1, 0.15) is 33.5 Å². The van der Waals surface area contributed by atoms with Crippen molar-refractivity contribution in [3.63, 3.8) is 0 Å². The summed E-state index contributed by atoms with van der Waals surface area (Å²) in [6.07, 6.45) is 1.87. The number of hydrogen-bond acceptors (Lipinski definition) is 4. The van der Waals surface area contributed by atoms with Gasteiger partial charge in [-0.05, 0) is 248 Å². The van der Waals surface area contributed by atoms with E-state index in [1.807, 2.05) is 24.4 Å². The van der Waals surface area contributed by atoms with Gasteiger partial charge < -0.3 is 13.3 Å². The molecule has 27 rings (SSSR count). The van der Waals surface area contributed by atoms with E-state index in [4.69, 9.17) is 18.2 Å². The Bertz CT molecular complexity index is 9040. The minimum absolute atomic E-state index is 0.870. The molecule has 0 saturated heterocycles. The molecule has 4 heteroatoms. The van der Waals surface area contributed by atoms with E-state index < -0.39 is 0 Å². The van der Waals surface area contributed by atoms with Gasteiger partial charge in [0.2, 0.25) is 0 Å². The van der Waals surface area contributed by atoms with Gasteiger partial charge in [-0.2, -0.15) is 0 Å². The Morgan fingerprint density at radius 1 is 0.137 bits per heavy atom. The number of furan rings is 3. The summed E-state index contributed by atoms with van der Waals surface area (Å²) in [6, 6.07) is 169. The van der Waals surface area contributed by atoms with Crippen LogP contribution in [-0.2, 0) is 0 Å². The number of benzene rings is 23. The highest BCUT2D eigenvalue weighted by atomic mass is 16.3. The standard InChI is InChI=1S/C46H28O.C44H28O.C37H23NO/c1-2-14-29(15-3-1)43-34-20-8-10-22-36(34)44(37-23-11-9-21-35(37)43)39-26-27-42-46(38-24-12-13-25-41(38)47-42)45(39)40-28-30-16-4-5-17-31(30)32-18-6-7-19-33(32)40;1-3-15-29(16-4-1)31-19-7-8-20-32(31)37-27-28-40-43(38-25-13-14-26-39(38)45-40)44(37)42-35-23-11-9-21-33(35)41(30-17-5-2-6-18-30)34-22-10-12-24-36(34)42;1-2-12-24(13-3-1)34-25-14-4-6-16-27(25)35(28-17-7-5-15-26(28)34)30-21-22-33-37(29-18-8-9-20-32(29)39-33)36(30)31-19-10-11-23-38-31/h1-28H;1-28H;1-23H. The summed E-state index contributed by atoms with van der Waals surface area (Å²) in [7, 11) is 0. The molecule has 27 aromatic rings. The molecule has 0 aliphatic rings. The molecule has 0 aliphatic carbocycles. The number of hydrogen-bond donors (Lipinski definition) is 0. The van der Waals surface area contributed by atoms with Crippen molar-refractivity contribution < 1.29 is 13.3 Å². The van der Waals surface area contributed by atoms with Crippen LogP contribution in [0.2, 0.25) is 0 Å². The summed E-state index contributed by atoms with van der Waals surface area (Å²) in [5, 5.41) is 26.6. The second kappa shape index (κ2) is 32.0. The van der Waals surface area contributed by atoms with Crippen LogP contribution >= 0.6 is 0 Å². The molecule has 610 valence electrons. The molecule has 0 bridgehead atoms. The third-order valence-corrected chi connectivity index (χ3v) is 26.7. The maximum Gasteiger partial charge on any atom is 0.136 e. The van der Waals surface area contributed by atoms with Crippen LogP contribution in [0.3, 0.4) is 0 Å². The second-order valence-electron chi connectivity index (χ2n) is 33.8. The number of rotatable bonds is 10. The quantitative estimate of drug-likeness (QED) is 0.101. The van der Waals surface area contributed by atoms with Crippen LogP contribution in [0.15, 0.2) is 493 Å². The van der Waals surface area contributed by atoms with Crippen molar-refractivity contribution in [2.75, 3.05) is 0 Å². The van der Waals surface area contributed by atoms with Crippen molar-refractivity contribution in [2.24, 2.45) is 0 Å². The molecule has 131 heavy (non-hydrogen) atoms. The maximum atomic E-state index is 6.56. The highest BCUT2D eigenvalue weighted by molar-refractivity contribution is 6.32. The molecule has 4 heterocycles. The molecule has 4 nitrogen and oxygen atoms in total. The van der Waals surface area contributed by atoms with E-state index in [0.29, 0.717) is 0 Å². The molecule has 23 aromatic carbocycles. The number of pyridine rings is 1. The first-order valence-corrected chi connectivity index (χ1v) is 44.9. The van der Waals surface area contributed by atoms with Gasteiger partial charge in [0.15, 0.2) is 0 Å². The minimum atomic E-state index is 0.870. The van der Waals surface area contributed by atoms with Crippen LogP contribution in [-0.4, -0.2) is 4.98 Å². The van der Waals surface area contributed by atoms with Gasteiger partial charge in [-0.3, -0.25) is 4.98 Å². The van der Waals surface area contributed by atoms with Crippen LogP contribution in [0, 0.1) is 0 Å². The van der Waals surface area contributed by atoms with Crippen LogP contribution in [0.1, 0.15) is 0 Å². The van der Waals surface area contributed by atoms with Crippen LogP contribution < -0.4 is 0 Å². The SMILES string of the molecule is c1ccc(-c2c3ccccc3c(-c3ccc4oc5ccccc5c4c3-c3cc4ccccc4c4ccccc34)c3ccccc23)cc1.c1ccc(-c2c3ccccc3c(-c3ccc4oc5ccccc5c4c3-c3ccccn3)c3ccccc23)cc1.c1ccc(-c2ccccc2-c2ccc3oc4ccccc4c3c2-c2c3ccccc3c(-c3ccccc3)c3ccccc23)cc1. The Kier molecular flexibility index (Phi) is 18.6. The molecular weight excluding hydrogens is 1590 g/mol. The fourth-order valence-corrected chi connectivity index (χ4v) is 21.2. The van der Waals surface area contributed by atoms with Gasteiger partial charge in [0, 0.05) is 55.2 Å². The van der Waals surface area contributed by atoms with E-state index >= 15 is 0 Å². The Hall–Kier alpha value is -17.3. The minimum Gasteiger partial charge on any atom is -0.456 e. The second-order valence-corrected chi connectivity index (χ2v) is 33.8. The third-order valence-electron chi connectivity index (χ3n) is 26.7. The van der Waals surface area contributed by atoms with Gasteiger partial charge in [-0.25, -0.2) is 0 Å². The van der Waals surface area contributed by atoms with E-state index in [-0.39, 0.29) is 0 Å². The zero-order chi connectivity index (χ0) is 86.4. The summed E-state index contributed by atoms with van der Waals surface area (Å²) in [4.78, 5) is 4.86. The average Bonchev–Trinajstić information content (AvgIpc) is 1.61. The van der Waals surface area contributed by atoms with Crippen molar-refractivity contribution >= 4 is 152 Å². The highest BCUT2D eigenvalue weighted by Gasteiger charge is 2.29. The molecule has 0 saturated carbocycles. The van der Waals surface area contributed by atoms with Gasteiger partial charge >= 0.3 is 0 Å². The molecule has 0 atom stereocenters. The molecule has 4 aromatic heterocycles. The maximum absolute atomic E-state index is 6.56. The van der Waals surface area contributed by atoms with Gasteiger partial charge in [0.05, 0.1) is 5.69 Å². The van der Waals surface area contributed by atoms with Crippen molar-refractivity contribution in [1.82, 2.24) is 4.98 Å². The topological polar surface area (TPSA) is 52.3 Å². The first-order valence-electron chi connectivity index (χ1n) is 44.9. The summed E-state index contributed by atoms with van der Waals surface area (Å²) in [5.74, 6) is 0. The van der Waals surface area contributed by atoms with Gasteiger partial charge in [0.25, 0.3) is 0 Å². The zero-order valence-electron chi connectivity index (χ0n) is 71.3. The van der Waals surface area contributed by atoms with E-state index in [2.05, 4.69) is 455 Å². The Morgan fingerprint density at radius 3 is 0.832 bits per heavy atom. The lowest BCUT2D eigenvalue weighted by molar-refractivity contribution is 0.668. The van der Waals surface area contributed by atoms with Crippen LogP contribution in [0.25, 0.3) is 263 Å². The fraction of sp³-hybridized carbons (Fsp3) is 0. The summed E-state index contributed by atoms with van der Waals surface area (Å²) in [6.45, 7) is 0. The molecule has 0 fully saturated rings. The van der Waals surface area contributed by atoms with E-state index in [1.54, 1.807) is 0 Å². The smallest absolute Gasteiger partial charge is 0.136 e. The molecule has 0 radical (unpaired) electrons. The Labute approximate surface area is 755 Å². The lowest BCUT2D eigenvalue weighted by Crippen LogP contribution is -1.94. The predicted octanol–water partition coefficient (Wildman–Crippen LogP) is 36.0. The Morgan fingerprint density at radius 2 is 0.427 bits per heavy atom. The lowest BCUT2D eigenvalue weighted by Gasteiger charge is -2.21. The molecule has 0 amide bonds. The van der Waals surface area contributed by atoms with Crippen LogP contribution in [0.5, 0.6) is 0 Å². The molecule has 0 unspecified atom stereocenters. The van der Waals surface area contributed by atoms with E-state index in [0.717, 1.165) is 82.6 Å². The van der Waals surface area contributed by atoms with Crippen molar-refractivity contribution in [2.45, 2.75) is 0 Å². The van der Waals surface area contributed by atoms with Crippen molar-refractivity contribution in [3.8, 4) is 111 Å². The van der Waals surface area contributed by atoms with E-state index in [9.17, 15) is 0 Å². The van der Waals surface area contributed by atoms with E-state index in [1.165, 1.54) is 181 Å².